The first-order valence-electron chi connectivity index (χ1n) is 9.04. The van der Waals surface area contributed by atoms with Crippen LogP contribution in [-0.4, -0.2) is 36.1 Å². The number of hydrogen-bond donors (Lipinski definition) is 2. The van der Waals surface area contributed by atoms with Gasteiger partial charge in [0.05, 0.1) is 12.6 Å². The molecule has 1 fully saturated rings. The molecule has 0 bridgehead atoms. The molecule has 0 spiro atoms. The first kappa shape index (κ1) is 21.2. The number of nitrogens with zero attached hydrogens (tertiary/aromatic N) is 1. The Bertz CT molecular complexity index is 688. The number of urea groups is 1. The fraction of sp³-hybridized carbons (Fsp3) is 0.579. The molecule has 1 unspecified atom stereocenters. The lowest BCUT2D eigenvalue weighted by Gasteiger charge is -2.23. The molecule has 0 aromatic heterocycles. The van der Waals surface area contributed by atoms with Gasteiger partial charge in [-0.1, -0.05) is 26.0 Å². The van der Waals surface area contributed by atoms with Crippen LogP contribution in [0.25, 0.3) is 0 Å². The number of hydrogen-bond acceptors (Lipinski definition) is 2. The number of halogens is 3. The molecule has 2 rings (SSSR count). The molecule has 27 heavy (non-hydrogen) atoms. The van der Waals surface area contributed by atoms with Crippen LogP contribution in [0.15, 0.2) is 24.3 Å². The lowest BCUT2D eigenvalue weighted by Crippen LogP contribution is -3.09. The van der Waals surface area contributed by atoms with Crippen molar-refractivity contribution >= 4 is 11.9 Å². The predicted octanol–water partition coefficient (Wildman–Crippen LogP) is 2.42. The Kier molecular flexibility index (Phi) is 6.19. The maximum atomic E-state index is 12.7. The number of benzene rings is 1. The average molecular weight is 386 g/mol. The quantitative estimate of drug-likeness (QED) is 0.708. The summed E-state index contributed by atoms with van der Waals surface area (Å²) in [4.78, 5) is 27.0. The van der Waals surface area contributed by atoms with Gasteiger partial charge in [0.1, 0.15) is 12.1 Å². The van der Waals surface area contributed by atoms with E-state index >= 15 is 0 Å². The second-order valence-electron chi connectivity index (χ2n) is 7.91. The third-order valence-corrected chi connectivity index (χ3v) is 4.78. The van der Waals surface area contributed by atoms with Gasteiger partial charge in [-0.2, -0.15) is 13.2 Å². The molecule has 1 aliphatic rings. The normalized spacial score (nSPS) is 21.7. The molecule has 5 nitrogen and oxygen atoms in total. The maximum absolute atomic E-state index is 12.7. The summed E-state index contributed by atoms with van der Waals surface area (Å²) in [7, 11) is 1.79. The smallest absolute Gasteiger partial charge is 0.323 e. The van der Waals surface area contributed by atoms with Crippen LogP contribution in [0.2, 0.25) is 0 Å². The van der Waals surface area contributed by atoms with Gasteiger partial charge in [0.25, 0.3) is 5.91 Å². The molecule has 1 heterocycles. The highest BCUT2D eigenvalue weighted by molar-refractivity contribution is 6.06. The Balaban J connectivity index is 1.98. The van der Waals surface area contributed by atoms with Crippen LogP contribution in [-0.2, 0) is 17.5 Å². The minimum atomic E-state index is -4.36. The summed E-state index contributed by atoms with van der Waals surface area (Å²) in [5.41, 5.74) is -0.884. The Morgan fingerprint density at radius 1 is 1.19 bits per heavy atom. The molecule has 1 saturated heterocycles. The lowest BCUT2D eigenvalue weighted by molar-refractivity contribution is -0.901. The van der Waals surface area contributed by atoms with Crippen molar-refractivity contribution < 1.29 is 27.7 Å². The van der Waals surface area contributed by atoms with Crippen molar-refractivity contribution in [3.05, 3.63) is 35.4 Å². The molecule has 150 valence electrons. The summed E-state index contributed by atoms with van der Waals surface area (Å²) in [5, 5.41) is 2.78. The molecule has 1 aliphatic heterocycles. The van der Waals surface area contributed by atoms with Crippen molar-refractivity contribution in [3.63, 3.8) is 0 Å². The molecule has 0 saturated carbocycles. The van der Waals surface area contributed by atoms with Crippen LogP contribution in [0.1, 0.15) is 44.7 Å². The van der Waals surface area contributed by atoms with E-state index in [0.29, 0.717) is 24.4 Å². The second kappa shape index (κ2) is 7.88. The standard InChI is InChI=1S/C19H26F3N3O2/c1-13(2)9-10-18(3)16(26)25(17(27)23-18)12-24(4)11-14-5-7-15(8-6-14)19(20,21)22/h5-8,13H,9-12H2,1-4H3,(H,23,27)/p+1/t18-/m0/s1. The number of carbonyl (C=O) groups excluding carboxylic acids is 2. The van der Waals surface area contributed by atoms with E-state index in [9.17, 15) is 22.8 Å². The van der Waals surface area contributed by atoms with E-state index in [1.165, 1.54) is 17.0 Å². The summed E-state index contributed by atoms with van der Waals surface area (Å²) in [6.07, 6.45) is -2.97. The van der Waals surface area contributed by atoms with Crippen LogP contribution < -0.4 is 10.2 Å². The Labute approximate surface area is 157 Å². The minimum Gasteiger partial charge on any atom is -0.323 e. The average Bonchev–Trinajstić information content (AvgIpc) is 2.76. The van der Waals surface area contributed by atoms with Gasteiger partial charge in [-0.05, 0) is 37.8 Å². The zero-order valence-corrected chi connectivity index (χ0v) is 16.1. The largest absolute Gasteiger partial charge is 0.416 e. The number of nitrogens with one attached hydrogen (secondary N) is 2. The Morgan fingerprint density at radius 3 is 2.30 bits per heavy atom. The van der Waals surface area contributed by atoms with Crippen LogP contribution in [0.5, 0.6) is 0 Å². The molecule has 3 amide bonds. The molecular weight excluding hydrogens is 359 g/mol. The third kappa shape index (κ3) is 5.22. The molecule has 0 aliphatic carbocycles. The van der Waals surface area contributed by atoms with E-state index in [1.54, 1.807) is 14.0 Å². The van der Waals surface area contributed by atoms with E-state index in [-0.39, 0.29) is 12.6 Å². The highest BCUT2D eigenvalue weighted by Crippen LogP contribution is 2.29. The molecule has 1 aromatic rings. The highest BCUT2D eigenvalue weighted by atomic mass is 19.4. The number of alkyl halides is 3. The topological polar surface area (TPSA) is 53.9 Å². The zero-order chi connectivity index (χ0) is 20.4. The van der Waals surface area contributed by atoms with Gasteiger partial charge in [-0.15, -0.1) is 0 Å². The van der Waals surface area contributed by atoms with Crippen LogP contribution in [0.3, 0.4) is 0 Å². The van der Waals surface area contributed by atoms with Crippen molar-refractivity contribution in [3.8, 4) is 0 Å². The van der Waals surface area contributed by atoms with E-state index in [2.05, 4.69) is 19.2 Å². The van der Waals surface area contributed by atoms with Gasteiger partial charge < -0.3 is 10.2 Å². The number of carbonyl (C=O) groups is 2. The highest BCUT2D eigenvalue weighted by Gasteiger charge is 2.48. The maximum Gasteiger partial charge on any atom is 0.416 e. The van der Waals surface area contributed by atoms with Crippen molar-refractivity contribution in [1.82, 2.24) is 10.2 Å². The summed E-state index contributed by atoms with van der Waals surface area (Å²) in [5.74, 6) is 0.175. The van der Waals surface area contributed by atoms with Gasteiger partial charge in [0, 0.05) is 5.56 Å². The lowest BCUT2D eigenvalue weighted by atomic mass is 9.92. The number of amides is 3. The molecule has 2 N–H and O–H groups in total. The first-order chi connectivity index (χ1) is 12.4. The van der Waals surface area contributed by atoms with Crippen LogP contribution in [0.4, 0.5) is 18.0 Å². The van der Waals surface area contributed by atoms with Gasteiger partial charge in [-0.25, -0.2) is 9.69 Å². The molecule has 8 heteroatoms. The molecule has 2 atom stereocenters. The number of imide groups is 1. The van der Waals surface area contributed by atoms with Crippen LogP contribution in [0, 0.1) is 5.92 Å². The van der Waals surface area contributed by atoms with Gasteiger partial charge in [0.2, 0.25) is 0 Å². The molecule has 1 aromatic carbocycles. The molecular formula is C19H27F3N3O2+. The van der Waals surface area contributed by atoms with Crippen molar-refractivity contribution in [2.75, 3.05) is 13.7 Å². The first-order valence-corrected chi connectivity index (χ1v) is 9.04. The van der Waals surface area contributed by atoms with Crippen LogP contribution >= 0.6 is 0 Å². The van der Waals surface area contributed by atoms with Crippen molar-refractivity contribution in [2.24, 2.45) is 5.92 Å². The zero-order valence-electron chi connectivity index (χ0n) is 16.1. The van der Waals surface area contributed by atoms with Gasteiger partial charge >= 0.3 is 12.2 Å². The Hall–Kier alpha value is -2.09. The van der Waals surface area contributed by atoms with E-state index < -0.39 is 23.3 Å². The minimum absolute atomic E-state index is 0.156. The molecule has 0 radical (unpaired) electrons. The SMILES string of the molecule is CC(C)CC[C@]1(C)NC(=O)N(C[NH+](C)Cc2ccc(C(F)(F)F)cc2)C1=O. The van der Waals surface area contributed by atoms with Gasteiger partial charge in [0.15, 0.2) is 6.67 Å². The van der Waals surface area contributed by atoms with Crippen molar-refractivity contribution in [2.45, 2.75) is 51.9 Å². The summed E-state index contributed by atoms with van der Waals surface area (Å²) in [6, 6.07) is 4.51. The summed E-state index contributed by atoms with van der Waals surface area (Å²) >= 11 is 0. The number of quaternary nitrogens is 1. The summed E-state index contributed by atoms with van der Waals surface area (Å²) in [6.45, 7) is 6.41. The fourth-order valence-corrected chi connectivity index (χ4v) is 3.12. The second-order valence-corrected chi connectivity index (χ2v) is 7.91. The predicted molar refractivity (Wildman–Crippen MR) is 94.8 cm³/mol. The summed E-state index contributed by atoms with van der Waals surface area (Å²) < 4.78 is 37.9. The third-order valence-electron chi connectivity index (χ3n) is 4.78. The van der Waals surface area contributed by atoms with E-state index in [4.69, 9.17) is 0 Å². The number of rotatable bonds is 7. The van der Waals surface area contributed by atoms with Crippen molar-refractivity contribution in [1.29, 1.82) is 0 Å². The Morgan fingerprint density at radius 2 is 1.78 bits per heavy atom. The van der Waals surface area contributed by atoms with E-state index in [0.717, 1.165) is 23.5 Å². The van der Waals surface area contributed by atoms with Gasteiger partial charge in [-0.3, -0.25) is 4.79 Å². The monoisotopic (exact) mass is 386 g/mol. The fourth-order valence-electron chi connectivity index (χ4n) is 3.12. The van der Waals surface area contributed by atoms with E-state index in [1.807, 2.05) is 0 Å².